The topological polar surface area (TPSA) is 42.2 Å². The van der Waals surface area contributed by atoms with Gasteiger partial charge in [-0.15, -0.1) is 0 Å². The number of halogens is 2. The molecule has 0 spiro atoms. The van der Waals surface area contributed by atoms with Crippen LogP contribution in [0.4, 0.5) is 5.69 Å². The summed E-state index contributed by atoms with van der Waals surface area (Å²) in [6, 6.07) is 7.95. The van der Waals surface area contributed by atoms with Gasteiger partial charge in [0, 0.05) is 41.8 Å². The summed E-state index contributed by atoms with van der Waals surface area (Å²) in [6.07, 6.45) is 15.9. The second-order valence-corrected chi connectivity index (χ2v) is 8.74. The quantitative estimate of drug-likeness (QED) is 0.315. The standard InChI is InChI=1S/C24H28Cl2N4/c25-20-16-21(26)23-22-18(20)10-9-11-19(22)24(29-23)28-12-7-5-3-1-2-4-6-8-14-30-15-13-27-17-30/h9-11,13,15-17H,1-8,12,14H2,(H,28,29). The molecule has 30 heavy (non-hydrogen) atoms. The van der Waals surface area contributed by atoms with Gasteiger partial charge in [-0.1, -0.05) is 79.9 Å². The number of unbranched alkanes of at least 4 members (excludes halogenated alkanes) is 7. The number of hydrogen-bond acceptors (Lipinski definition) is 2. The summed E-state index contributed by atoms with van der Waals surface area (Å²) in [7, 11) is 0. The summed E-state index contributed by atoms with van der Waals surface area (Å²) in [5.74, 6) is 0.914. The molecule has 0 saturated heterocycles. The number of nitrogens with one attached hydrogen (secondary N) is 1. The van der Waals surface area contributed by atoms with Gasteiger partial charge in [0.25, 0.3) is 0 Å². The summed E-state index contributed by atoms with van der Waals surface area (Å²) in [5, 5.41) is 6.84. The minimum atomic E-state index is 0.648. The molecule has 0 fully saturated rings. The zero-order chi connectivity index (χ0) is 20.8. The second kappa shape index (κ2) is 10.3. The predicted molar refractivity (Wildman–Crippen MR) is 128 cm³/mol. The van der Waals surface area contributed by atoms with Crippen molar-refractivity contribution in [3.8, 4) is 0 Å². The highest BCUT2D eigenvalue weighted by molar-refractivity contribution is 6.44. The average molecular weight is 443 g/mol. The summed E-state index contributed by atoms with van der Waals surface area (Å²) >= 11 is 12.8. The molecule has 4 rings (SSSR count). The van der Waals surface area contributed by atoms with Crippen LogP contribution in [0.1, 0.15) is 56.9 Å². The van der Waals surface area contributed by atoms with Crippen LogP contribution in [0.3, 0.4) is 0 Å². The number of hydrogen-bond donors (Lipinski definition) is 1. The van der Waals surface area contributed by atoms with E-state index in [1.54, 1.807) is 6.07 Å². The summed E-state index contributed by atoms with van der Waals surface area (Å²) in [4.78, 5) is 8.89. The number of rotatable bonds is 11. The third kappa shape index (κ3) is 4.98. The number of amidine groups is 1. The molecule has 0 amide bonds. The maximum absolute atomic E-state index is 6.39. The van der Waals surface area contributed by atoms with Crippen molar-refractivity contribution in [1.29, 1.82) is 0 Å². The lowest BCUT2D eigenvalue weighted by molar-refractivity contribution is 0.541. The molecular formula is C24H28Cl2N4. The van der Waals surface area contributed by atoms with Gasteiger partial charge in [0.1, 0.15) is 5.84 Å². The van der Waals surface area contributed by atoms with E-state index in [0.29, 0.717) is 10.0 Å². The Morgan fingerprint density at radius 3 is 2.47 bits per heavy atom. The van der Waals surface area contributed by atoms with Crippen LogP contribution in [0.5, 0.6) is 0 Å². The second-order valence-electron chi connectivity index (χ2n) is 7.93. The zero-order valence-electron chi connectivity index (χ0n) is 17.2. The molecule has 0 aliphatic carbocycles. The minimum absolute atomic E-state index is 0.648. The largest absolute Gasteiger partial charge is 0.338 e. The first-order valence-electron chi connectivity index (χ1n) is 10.9. The van der Waals surface area contributed by atoms with Gasteiger partial charge in [-0.25, -0.2) is 4.98 Å². The molecule has 3 aromatic rings. The summed E-state index contributed by atoms with van der Waals surface area (Å²) < 4.78 is 2.15. The Labute approximate surface area is 188 Å². The molecule has 1 aliphatic rings. The van der Waals surface area contributed by atoms with Crippen molar-refractivity contribution in [2.45, 2.75) is 57.9 Å². The van der Waals surface area contributed by atoms with Crippen LogP contribution in [0.25, 0.3) is 10.8 Å². The average Bonchev–Trinajstić information content (AvgIpc) is 3.39. The highest BCUT2D eigenvalue weighted by Gasteiger charge is 2.23. The van der Waals surface area contributed by atoms with E-state index in [4.69, 9.17) is 28.2 Å². The Balaban J connectivity index is 1.14. The Hall–Kier alpha value is -2.04. The number of nitrogens with zero attached hydrogens (tertiary/aromatic N) is 3. The summed E-state index contributed by atoms with van der Waals surface area (Å²) in [6.45, 7) is 1.92. The number of imidazole rings is 1. The Kier molecular flexibility index (Phi) is 7.29. The van der Waals surface area contributed by atoms with E-state index in [-0.39, 0.29) is 0 Å². The van der Waals surface area contributed by atoms with Gasteiger partial charge in [0.05, 0.1) is 22.1 Å². The SMILES string of the molecule is Clc1cc(Cl)c2cccc3c2c1NC3=NCCCCCCCCCCn1ccnc1. The van der Waals surface area contributed by atoms with Crippen molar-refractivity contribution < 1.29 is 0 Å². The number of aromatic nitrogens is 2. The van der Waals surface area contributed by atoms with E-state index < -0.39 is 0 Å². The fourth-order valence-corrected chi connectivity index (χ4v) is 4.68. The van der Waals surface area contributed by atoms with Crippen LogP contribution >= 0.6 is 23.2 Å². The fraction of sp³-hybridized carbons (Fsp3) is 0.417. The van der Waals surface area contributed by atoms with E-state index in [2.05, 4.69) is 20.9 Å². The Morgan fingerprint density at radius 2 is 1.70 bits per heavy atom. The lowest BCUT2D eigenvalue weighted by Crippen LogP contribution is -2.08. The Bertz CT molecular complexity index is 1010. The predicted octanol–water partition coefficient (Wildman–Crippen LogP) is 7.34. The third-order valence-corrected chi connectivity index (χ3v) is 6.33. The first-order chi connectivity index (χ1) is 14.7. The molecule has 4 nitrogen and oxygen atoms in total. The monoisotopic (exact) mass is 442 g/mol. The number of aryl methyl sites for hydroxylation is 1. The van der Waals surface area contributed by atoms with Crippen molar-refractivity contribution in [3.63, 3.8) is 0 Å². The van der Waals surface area contributed by atoms with E-state index in [0.717, 1.165) is 47.4 Å². The van der Waals surface area contributed by atoms with Crippen LogP contribution in [-0.4, -0.2) is 21.9 Å². The molecule has 0 unspecified atom stereocenters. The molecule has 2 heterocycles. The molecule has 0 radical (unpaired) electrons. The van der Waals surface area contributed by atoms with Crippen molar-refractivity contribution in [3.05, 3.63) is 58.6 Å². The maximum atomic E-state index is 6.39. The van der Waals surface area contributed by atoms with Crippen LogP contribution < -0.4 is 5.32 Å². The van der Waals surface area contributed by atoms with Crippen molar-refractivity contribution in [2.75, 3.05) is 11.9 Å². The first-order valence-corrected chi connectivity index (χ1v) is 11.7. The van der Waals surface area contributed by atoms with Crippen LogP contribution in [-0.2, 0) is 6.54 Å². The van der Waals surface area contributed by atoms with Crippen LogP contribution in [0.15, 0.2) is 48.0 Å². The molecule has 2 aromatic carbocycles. The van der Waals surface area contributed by atoms with E-state index >= 15 is 0 Å². The van der Waals surface area contributed by atoms with E-state index in [1.807, 2.05) is 30.9 Å². The smallest absolute Gasteiger partial charge is 0.133 e. The highest BCUT2D eigenvalue weighted by atomic mass is 35.5. The van der Waals surface area contributed by atoms with Crippen LogP contribution in [0.2, 0.25) is 10.0 Å². The van der Waals surface area contributed by atoms with Gasteiger partial charge in [-0.3, -0.25) is 4.99 Å². The normalized spacial score (nSPS) is 14.0. The molecule has 1 aliphatic heterocycles. The molecule has 0 atom stereocenters. The van der Waals surface area contributed by atoms with E-state index in [1.165, 1.54) is 44.9 Å². The zero-order valence-corrected chi connectivity index (χ0v) is 18.7. The molecule has 6 heteroatoms. The number of aliphatic imine (C=N–C) groups is 1. The maximum Gasteiger partial charge on any atom is 0.133 e. The van der Waals surface area contributed by atoms with Gasteiger partial charge in [-0.2, -0.15) is 0 Å². The van der Waals surface area contributed by atoms with Crippen molar-refractivity contribution >= 4 is 45.5 Å². The molecule has 0 bridgehead atoms. The molecular weight excluding hydrogens is 415 g/mol. The van der Waals surface area contributed by atoms with Crippen LogP contribution in [0, 0.1) is 0 Å². The van der Waals surface area contributed by atoms with Crippen molar-refractivity contribution in [2.24, 2.45) is 4.99 Å². The minimum Gasteiger partial charge on any atom is -0.338 e. The summed E-state index contributed by atoms with van der Waals surface area (Å²) in [5.41, 5.74) is 2.03. The van der Waals surface area contributed by atoms with E-state index in [9.17, 15) is 0 Å². The fourth-order valence-electron chi connectivity index (χ4n) is 4.11. The third-order valence-electron chi connectivity index (χ3n) is 5.72. The highest BCUT2D eigenvalue weighted by Crippen LogP contribution is 2.42. The lowest BCUT2D eigenvalue weighted by Gasteiger charge is -2.04. The molecule has 1 N–H and O–H groups in total. The van der Waals surface area contributed by atoms with Gasteiger partial charge in [0.15, 0.2) is 0 Å². The number of benzene rings is 2. The molecule has 1 aromatic heterocycles. The van der Waals surface area contributed by atoms with Gasteiger partial charge in [-0.05, 0) is 18.9 Å². The first kappa shape index (κ1) is 21.2. The number of anilines is 1. The Morgan fingerprint density at radius 1 is 0.933 bits per heavy atom. The van der Waals surface area contributed by atoms with Gasteiger partial charge < -0.3 is 9.88 Å². The van der Waals surface area contributed by atoms with Gasteiger partial charge in [0.2, 0.25) is 0 Å². The molecule has 158 valence electrons. The van der Waals surface area contributed by atoms with Gasteiger partial charge >= 0.3 is 0 Å². The lowest BCUT2D eigenvalue weighted by atomic mass is 10.1. The van der Waals surface area contributed by atoms with Crippen molar-refractivity contribution in [1.82, 2.24) is 9.55 Å². The molecule has 0 saturated carbocycles.